The van der Waals surface area contributed by atoms with Gasteiger partial charge >= 0.3 is 12.4 Å². The molecule has 0 aliphatic carbocycles. The number of amides is 4. The lowest BCUT2D eigenvalue weighted by molar-refractivity contribution is -0.918. The molecule has 4 saturated heterocycles. The van der Waals surface area contributed by atoms with Crippen molar-refractivity contribution in [1.82, 2.24) is 60.6 Å². The zero-order valence-corrected chi connectivity index (χ0v) is 64.0. The molecule has 0 spiro atoms. The van der Waals surface area contributed by atoms with Crippen LogP contribution in [0.2, 0.25) is 0 Å². The molecule has 4 aliphatic heterocycles. The van der Waals surface area contributed by atoms with Crippen LogP contribution in [0, 0.1) is 46.9 Å². The molecule has 8 aromatic rings. The zero-order chi connectivity index (χ0) is 82.7. The van der Waals surface area contributed by atoms with Gasteiger partial charge in [0, 0.05) is 161 Å². The summed E-state index contributed by atoms with van der Waals surface area (Å²) in [6, 6.07) is 16.5. The number of nitrogens with one attached hydrogen (secondary N) is 8. The fraction of sp³-hybridized carbons (Fsp3) is 0.462. The summed E-state index contributed by atoms with van der Waals surface area (Å²) in [5.74, 6) is -7.42. The summed E-state index contributed by atoms with van der Waals surface area (Å²) in [4.78, 5) is 86.6. The first-order valence-corrected chi connectivity index (χ1v) is 37.5. The van der Waals surface area contributed by atoms with Gasteiger partial charge in [0.2, 0.25) is 23.4 Å². The number of piperidine rings is 2. The molecule has 114 heavy (non-hydrogen) atoms. The Morgan fingerprint density at radius 2 is 0.860 bits per heavy atom. The van der Waals surface area contributed by atoms with Crippen LogP contribution in [0.5, 0.6) is 11.5 Å². The van der Waals surface area contributed by atoms with Gasteiger partial charge in [-0.25, -0.2) is 28.7 Å². The van der Waals surface area contributed by atoms with Crippen molar-refractivity contribution in [3.05, 3.63) is 143 Å². The Labute approximate surface area is 651 Å². The van der Waals surface area contributed by atoms with Gasteiger partial charge in [0.1, 0.15) is 11.9 Å². The summed E-state index contributed by atoms with van der Waals surface area (Å²) >= 11 is 0. The number of anilines is 4. The van der Waals surface area contributed by atoms with Crippen molar-refractivity contribution < 1.29 is 101 Å². The van der Waals surface area contributed by atoms with Gasteiger partial charge in [-0.15, -0.1) is 0 Å². The van der Waals surface area contributed by atoms with E-state index in [9.17, 15) is 63.1 Å². The molecule has 26 nitrogen and oxygen atoms in total. The van der Waals surface area contributed by atoms with Crippen molar-refractivity contribution in [3.63, 3.8) is 0 Å². The number of fused-ring (bicyclic) bond motifs is 2. The molecular weight excluding hydrogens is 1510 g/mol. The molecule has 4 amide bonds. The minimum absolute atomic E-state index is 0.0398. The molecule has 0 saturated carbocycles. The number of aromatic nitrogens is 6. The Morgan fingerprint density at radius 1 is 0.509 bits per heavy atom. The molecule has 616 valence electrons. The summed E-state index contributed by atoms with van der Waals surface area (Å²) in [5.41, 5.74) is 5.87. The minimum Gasteiger partial charge on any atom is -0.542 e. The van der Waals surface area contributed by atoms with Crippen LogP contribution in [-0.2, 0) is 32.0 Å². The van der Waals surface area contributed by atoms with Gasteiger partial charge in [-0.05, 0) is 109 Å². The SMILES string of the molecule is CCc1cc(Nc2nccn3c(-c4ccc(OC)c(F)c4F)cnc23)ccc1C(=O)NCCCNC(=O)CC1CC[N+](C)(CC2CNC2)CC1.CCc1cc(Nc2nccn3c(-c4ccc(OC)c(F)c4F)cnc23)ccc1C(=O)NCCCNC(=O)CC1CC[N+](C)(CC2CNC2)CC1.O=C([O-])C(F)(F)F.O=C([O-])C(F)(F)F. The molecule has 4 fully saturated rings. The quantitative estimate of drug-likeness (QED) is 0.0131. The highest BCUT2D eigenvalue weighted by Gasteiger charge is 2.37. The second-order valence-corrected chi connectivity index (χ2v) is 29.1. The molecule has 8 heterocycles. The second kappa shape index (κ2) is 39.4. The predicted octanol–water partition coefficient (Wildman–Crippen LogP) is 7.98. The number of methoxy groups -OCH3 is 2. The van der Waals surface area contributed by atoms with Crippen molar-refractivity contribution in [2.45, 2.75) is 90.4 Å². The highest BCUT2D eigenvalue weighted by molar-refractivity contribution is 5.97. The third-order valence-corrected chi connectivity index (χ3v) is 20.7. The first kappa shape index (κ1) is 87.2. The summed E-state index contributed by atoms with van der Waals surface area (Å²) in [6.45, 7) is 17.5. The van der Waals surface area contributed by atoms with Gasteiger partial charge in [-0.2, -0.15) is 35.1 Å². The largest absolute Gasteiger partial charge is 0.542 e. The highest BCUT2D eigenvalue weighted by atomic mass is 19.4. The number of likely N-dealkylation sites (tertiary alicyclic amines) is 2. The molecular formula is C78H94F10N16O10. The van der Waals surface area contributed by atoms with E-state index in [2.05, 4.69) is 76.6 Å². The number of imidazole rings is 2. The molecule has 4 aromatic heterocycles. The molecule has 4 aliphatic rings. The van der Waals surface area contributed by atoms with Crippen molar-refractivity contribution in [2.75, 3.05) is 131 Å². The number of aliphatic carboxylic acids is 2. The monoisotopic (exact) mass is 1600 g/mol. The molecule has 4 aromatic carbocycles. The maximum absolute atomic E-state index is 14.9. The number of benzene rings is 4. The lowest BCUT2D eigenvalue weighted by atomic mass is 9.90. The van der Waals surface area contributed by atoms with E-state index in [0.717, 1.165) is 110 Å². The first-order valence-electron chi connectivity index (χ1n) is 37.5. The van der Waals surface area contributed by atoms with Gasteiger partial charge in [0.15, 0.2) is 46.1 Å². The third kappa shape index (κ3) is 23.3. The summed E-state index contributed by atoms with van der Waals surface area (Å²) < 4.78 is 137. The van der Waals surface area contributed by atoms with Gasteiger partial charge in [-0.3, -0.25) is 28.0 Å². The Kier molecular flexibility index (Phi) is 30.1. The van der Waals surface area contributed by atoms with E-state index in [0.29, 0.717) is 133 Å². The third-order valence-electron chi connectivity index (χ3n) is 20.7. The summed E-state index contributed by atoms with van der Waals surface area (Å²) in [6.07, 6.45) is 6.94. The van der Waals surface area contributed by atoms with E-state index < -0.39 is 47.6 Å². The number of nitrogens with zero attached hydrogens (tertiary/aromatic N) is 8. The molecule has 0 bridgehead atoms. The maximum atomic E-state index is 14.9. The van der Waals surface area contributed by atoms with Gasteiger partial charge in [-0.1, -0.05) is 13.8 Å². The van der Waals surface area contributed by atoms with E-state index in [1.807, 2.05) is 26.0 Å². The standard InChI is InChI=1S/2C37H46F2N8O3.2C2HF3O2/c2*1-4-26-19-27(45-35-36-44-22-30(46(36)15-14-42-35)29-8-9-31(50-3)34(39)33(29)38)6-7-28(26)37(49)43-13-5-12-41-32(48)18-24-10-16-47(2,17-11-24)23-25-20-40-21-25;2*3-2(4,5)1(6)7/h2*6-9,14-15,19,22,24-25,40H,4-5,10-13,16-18,20-21,23H2,1-3H3,(H2-,41,42,43,45,48,49);2*(H,6,7). The topological polar surface area (TPSA) is 324 Å². The Balaban J connectivity index is 0.000000223. The lowest BCUT2D eigenvalue weighted by Crippen LogP contribution is -2.58. The number of alkyl halides is 6. The molecule has 12 rings (SSSR count). The number of carboxylic acid groups (broad SMARTS) is 2. The molecule has 36 heteroatoms. The van der Waals surface area contributed by atoms with Crippen molar-refractivity contribution in [2.24, 2.45) is 23.7 Å². The van der Waals surface area contributed by atoms with Gasteiger partial charge in [0.25, 0.3) is 11.8 Å². The van der Waals surface area contributed by atoms with E-state index in [1.165, 1.54) is 64.0 Å². The normalized spacial score (nSPS) is 18.2. The van der Waals surface area contributed by atoms with E-state index in [4.69, 9.17) is 29.3 Å². The number of quaternary nitrogens is 2. The summed E-state index contributed by atoms with van der Waals surface area (Å²) in [7, 11) is 7.27. The van der Waals surface area contributed by atoms with E-state index in [1.54, 1.807) is 57.9 Å². The Bertz CT molecular complexity index is 4380. The van der Waals surface area contributed by atoms with Gasteiger partial charge in [0.05, 0.1) is 91.4 Å². The number of aryl methyl sites for hydroxylation is 2. The number of rotatable bonds is 28. The molecule has 0 unspecified atom stereocenters. The van der Waals surface area contributed by atoms with Crippen molar-refractivity contribution in [3.8, 4) is 34.0 Å². The van der Waals surface area contributed by atoms with E-state index in [-0.39, 0.29) is 46.3 Å². The average molecular weight is 1610 g/mol. The van der Waals surface area contributed by atoms with Crippen LogP contribution in [0.4, 0.5) is 66.9 Å². The predicted molar refractivity (Wildman–Crippen MR) is 399 cm³/mol. The fourth-order valence-electron chi connectivity index (χ4n) is 14.2. The minimum atomic E-state index is -5.19. The Hall–Kier alpha value is -10.7. The number of carboxylic acids is 2. The van der Waals surface area contributed by atoms with Crippen LogP contribution in [0.15, 0.2) is 97.8 Å². The van der Waals surface area contributed by atoms with Crippen LogP contribution < -0.4 is 62.2 Å². The smallest absolute Gasteiger partial charge is 0.430 e. The second-order valence-electron chi connectivity index (χ2n) is 29.1. The number of ether oxygens (including phenoxy) is 2. The number of hydrogen-bond acceptors (Lipinski definition) is 18. The van der Waals surface area contributed by atoms with Gasteiger partial charge < -0.3 is 80.8 Å². The highest BCUT2D eigenvalue weighted by Crippen LogP contribution is 2.36. The zero-order valence-electron chi connectivity index (χ0n) is 64.0. The fourth-order valence-corrected chi connectivity index (χ4v) is 14.2. The van der Waals surface area contributed by atoms with Crippen LogP contribution >= 0.6 is 0 Å². The number of carbonyl (C=O) groups is 6. The average Bonchev–Trinajstić information content (AvgIpc) is 1.62. The molecule has 0 radical (unpaired) electrons. The van der Waals surface area contributed by atoms with E-state index >= 15 is 0 Å². The van der Waals surface area contributed by atoms with Crippen molar-refractivity contribution >= 4 is 69.9 Å². The molecule has 0 atom stereocenters. The maximum Gasteiger partial charge on any atom is 0.430 e. The van der Waals surface area contributed by atoms with Crippen LogP contribution in [-0.4, -0.2) is 206 Å². The number of carbonyl (C=O) groups excluding carboxylic acids is 6. The van der Waals surface area contributed by atoms with Crippen LogP contribution in [0.25, 0.3) is 33.8 Å². The first-order chi connectivity index (χ1) is 54.2. The number of halogens is 10. The van der Waals surface area contributed by atoms with Crippen LogP contribution in [0.3, 0.4) is 0 Å². The molecule has 8 N–H and O–H groups in total. The van der Waals surface area contributed by atoms with Crippen molar-refractivity contribution in [1.29, 1.82) is 0 Å². The Morgan fingerprint density at radius 3 is 1.18 bits per heavy atom. The number of hydrogen-bond donors (Lipinski definition) is 8. The summed E-state index contributed by atoms with van der Waals surface area (Å²) in [5, 5.41) is 42.8. The van der Waals surface area contributed by atoms with Crippen LogP contribution in [0.1, 0.15) is 97.1 Å². The lowest BCUT2D eigenvalue weighted by Gasteiger charge is -2.44.